The van der Waals surface area contributed by atoms with Gasteiger partial charge in [-0.05, 0) is 39.8 Å². The molecule has 0 amide bonds. The summed E-state index contributed by atoms with van der Waals surface area (Å²) in [5.41, 5.74) is 18.6. The Balaban J connectivity index is 1.80. The molecule has 0 unspecified atom stereocenters. The summed E-state index contributed by atoms with van der Waals surface area (Å²) in [6.07, 6.45) is 0.486. The SMILES string of the molecule is CC[C@H]1O[C@@H](n2cnc3c(N=[N+]=[N-])nnc(N=[N+]=[N-])c32)[C@H](OC(=O)c2ccccc2)[C@@H]1C. The Hall–Kier alpha value is -4.18. The fraction of sp³-hybridized carbons (Fsp3) is 0.368. The number of esters is 1. The maximum atomic E-state index is 12.8. The third-order valence-corrected chi connectivity index (χ3v) is 5.36. The van der Waals surface area contributed by atoms with Crippen LogP contribution >= 0.6 is 0 Å². The van der Waals surface area contributed by atoms with Crippen LogP contribution in [0, 0.1) is 5.92 Å². The number of rotatable bonds is 6. The summed E-state index contributed by atoms with van der Waals surface area (Å²) < 4.78 is 13.7. The van der Waals surface area contributed by atoms with Crippen molar-refractivity contribution in [1.29, 1.82) is 0 Å². The van der Waals surface area contributed by atoms with Gasteiger partial charge in [-0.1, -0.05) is 32.0 Å². The summed E-state index contributed by atoms with van der Waals surface area (Å²) >= 11 is 0. The number of carbonyl (C=O) groups excluding carboxylic acids is 1. The van der Waals surface area contributed by atoms with Crippen LogP contribution in [0.5, 0.6) is 0 Å². The van der Waals surface area contributed by atoms with Gasteiger partial charge >= 0.3 is 5.97 Å². The number of benzene rings is 1. The molecule has 1 aliphatic heterocycles. The van der Waals surface area contributed by atoms with Crippen LogP contribution in [0.15, 0.2) is 46.9 Å². The molecule has 1 aromatic carbocycles. The molecule has 162 valence electrons. The predicted molar refractivity (Wildman–Crippen MR) is 112 cm³/mol. The molecule has 3 heterocycles. The number of azide groups is 2. The second kappa shape index (κ2) is 8.90. The first kappa shape index (κ1) is 21.1. The molecule has 1 aliphatic rings. The van der Waals surface area contributed by atoms with Crippen LogP contribution < -0.4 is 0 Å². The number of hydrogen-bond donors (Lipinski definition) is 0. The van der Waals surface area contributed by atoms with Crippen molar-refractivity contribution >= 4 is 28.6 Å². The lowest BCUT2D eigenvalue weighted by Gasteiger charge is -2.23. The number of nitrogens with zero attached hydrogens (tertiary/aromatic N) is 10. The van der Waals surface area contributed by atoms with Gasteiger partial charge in [0.25, 0.3) is 0 Å². The van der Waals surface area contributed by atoms with Gasteiger partial charge < -0.3 is 9.47 Å². The van der Waals surface area contributed by atoms with E-state index in [4.69, 9.17) is 20.5 Å². The molecular weight excluding hydrogens is 416 g/mol. The zero-order valence-electron chi connectivity index (χ0n) is 17.2. The van der Waals surface area contributed by atoms with Crippen molar-refractivity contribution in [2.75, 3.05) is 0 Å². The summed E-state index contributed by atoms with van der Waals surface area (Å²) in [7, 11) is 0. The number of fused-ring (bicyclic) bond motifs is 1. The van der Waals surface area contributed by atoms with Gasteiger partial charge in [0, 0.05) is 15.7 Å². The molecule has 0 radical (unpaired) electrons. The first-order chi connectivity index (χ1) is 15.6. The van der Waals surface area contributed by atoms with Gasteiger partial charge in [0.2, 0.25) is 0 Å². The Morgan fingerprint density at radius 3 is 2.56 bits per heavy atom. The van der Waals surface area contributed by atoms with Crippen molar-refractivity contribution in [3.63, 3.8) is 0 Å². The Morgan fingerprint density at radius 1 is 1.19 bits per heavy atom. The molecule has 4 atom stereocenters. The van der Waals surface area contributed by atoms with E-state index in [0.717, 1.165) is 0 Å². The van der Waals surface area contributed by atoms with Gasteiger partial charge in [-0.2, -0.15) is 0 Å². The predicted octanol–water partition coefficient (Wildman–Crippen LogP) is 4.88. The van der Waals surface area contributed by atoms with Crippen LogP contribution in [0.1, 0.15) is 36.9 Å². The van der Waals surface area contributed by atoms with Crippen molar-refractivity contribution in [3.8, 4) is 0 Å². The minimum absolute atomic E-state index is 0.0683. The third kappa shape index (κ3) is 3.67. The third-order valence-electron chi connectivity index (χ3n) is 5.36. The summed E-state index contributed by atoms with van der Waals surface area (Å²) in [4.78, 5) is 22.6. The number of imidazole rings is 1. The lowest BCUT2D eigenvalue weighted by Crippen LogP contribution is -2.30. The number of aromatic nitrogens is 4. The molecule has 13 heteroatoms. The van der Waals surface area contributed by atoms with Gasteiger partial charge in [-0.25, -0.2) is 9.78 Å². The van der Waals surface area contributed by atoms with E-state index in [9.17, 15) is 4.79 Å². The van der Waals surface area contributed by atoms with E-state index in [-0.39, 0.29) is 34.7 Å². The Morgan fingerprint density at radius 2 is 1.88 bits per heavy atom. The van der Waals surface area contributed by atoms with E-state index < -0.39 is 18.3 Å². The molecule has 0 saturated carbocycles. The molecule has 4 rings (SSSR count). The molecule has 0 N–H and O–H groups in total. The molecule has 13 nitrogen and oxygen atoms in total. The van der Waals surface area contributed by atoms with Crippen molar-refractivity contribution in [3.05, 3.63) is 63.1 Å². The molecule has 3 aromatic rings. The van der Waals surface area contributed by atoms with Gasteiger partial charge in [-0.15, -0.1) is 10.2 Å². The molecule has 1 saturated heterocycles. The van der Waals surface area contributed by atoms with Crippen LogP contribution in [-0.2, 0) is 9.47 Å². The average Bonchev–Trinajstić information content (AvgIpc) is 3.38. The average molecular weight is 434 g/mol. The van der Waals surface area contributed by atoms with E-state index in [1.54, 1.807) is 28.8 Å². The summed E-state index contributed by atoms with van der Waals surface area (Å²) in [6, 6.07) is 8.66. The second-order valence-corrected chi connectivity index (χ2v) is 7.14. The molecule has 0 aliphatic carbocycles. The first-order valence-corrected chi connectivity index (χ1v) is 9.83. The van der Waals surface area contributed by atoms with Gasteiger partial charge in [0.1, 0.15) is 11.0 Å². The fourth-order valence-corrected chi connectivity index (χ4v) is 3.82. The van der Waals surface area contributed by atoms with E-state index in [2.05, 4.69) is 35.2 Å². The molecule has 2 aromatic heterocycles. The maximum absolute atomic E-state index is 12.8. The lowest BCUT2D eigenvalue weighted by molar-refractivity contribution is -0.0466. The molecule has 32 heavy (non-hydrogen) atoms. The monoisotopic (exact) mass is 434 g/mol. The summed E-state index contributed by atoms with van der Waals surface area (Å²) in [5.74, 6) is -0.762. The molecule has 0 bridgehead atoms. The minimum atomic E-state index is -0.775. The highest BCUT2D eigenvalue weighted by Gasteiger charge is 2.45. The number of hydrogen-bond acceptors (Lipinski definition) is 8. The Labute approximate surface area is 181 Å². The van der Waals surface area contributed by atoms with E-state index in [1.807, 2.05) is 19.9 Å². The highest BCUT2D eigenvalue weighted by molar-refractivity contribution is 5.91. The topological polar surface area (TPSA) is 177 Å². The van der Waals surface area contributed by atoms with Crippen LogP contribution in [0.4, 0.5) is 11.6 Å². The summed E-state index contributed by atoms with van der Waals surface area (Å²) in [5, 5.41) is 14.7. The normalized spacial score (nSPS) is 22.2. The molecule has 1 fully saturated rings. The van der Waals surface area contributed by atoms with Gasteiger partial charge in [-0.3, -0.25) is 4.57 Å². The Kier molecular flexibility index (Phi) is 5.86. The standard InChI is InChI=1S/C19H18N10O3/c1-3-12-10(2)15(32-19(30)11-7-5-4-6-8-11)18(31-12)29-9-22-13-14(29)17(26-28-21)24-23-16(13)25-27-20/h4-10,12,15,18H,3H2,1-2H3/t10-,12-,15-,18-/m1/s1. The van der Waals surface area contributed by atoms with Crippen molar-refractivity contribution in [2.45, 2.75) is 38.7 Å². The van der Waals surface area contributed by atoms with Crippen molar-refractivity contribution in [2.24, 2.45) is 16.1 Å². The molecular formula is C19H18N10O3. The maximum Gasteiger partial charge on any atom is 0.338 e. The van der Waals surface area contributed by atoms with Crippen molar-refractivity contribution in [1.82, 2.24) is 19.7 Å². The summed E-state index contributed by atoms with van der Waals surface area (Å²) in [6.45, 7) is 3.91. The van der Waals surface area contributed by atoms with Crippen molar-refractivity contribution < 1.29 is 14.3 Å². The van der Waals surface area contributed by atoms with Gasteiger partial charge in [0.05, 0.1) is 18.0 Å². The second-order valence-electron chi connectivity index (χ2n) is 7.14. The highest BCUT2D eigenvalue weighted by atomic mass is 16.6. The molecule has 0 spiro atoms. The van der Waals surface area contributed by atoms with E-state index in [1.165, 1.54) is 6.33 Å². The van der Waals surface area contributed by atoms with Crippen LogP contribution in [0.25, 0.3) is 31.9 Å². The Bertz CT molecular complexity index is 1250. The lowest BCUT2D eigenvalue weighted by atomic mass is 9.98. The van der Waals surface area contributed by atoms with Crippen LogP contribution in [0.3, 0.4) is 0 Å². The fourth-order valence-electron chi connectivity index (χ4n) is 3.82. The first-order valence-electron chi connectivity index (χ1n) is 9.83. The van der Waals surface area contributed by atoms with Gasteiger partial charge in [0.15, 0.2) is 24.0 Å². The largest absolute Gasteiger partial charge is 0.454 e. The highest BCUT2D eigenvalue weighted by Crippen LogP contribution is 2.41. The minimum Gasteiger partial charge on any atom is -0.454 e. The number of carbonyl (C=O) groups is 1. The number of ether oxygens (including phenoxy) is 2. The quantitative estimate of drug-likeness (QED) is 0.231. The zero-order valence-corrected chi connectivity index (χ0v) is 17.2. The van der Waals surface area contributed by atoms with E-state index in [0.29, 0.717) is 12.0 Å². The van der Waals surface area contributed by atoms with Crippen LogP contribution in [0.2, 0.25) is 0 Å². The van der Waals surface area contributed by atoms with Crippen LogP contribution in [-0.4, -0.2) is 37.9 Å². The smallest absolute Gasteiger partial charge is 0.338 e. The zero-order chi connectivity index (χ0) is 22.7. The van der Waals surface area contributed by atoms with E-state index >= 15 is 0 Å².